The van der Waals surface area contributed by atoms with E-state index in [1.54, 1.807) is 0 Å². The Morgan fingerprint density at radius 3 is 1.32 bits per heavy atom. The van der Waals surface area contributed by atoms with Crippen LogP contribution in [0.3, 0.4) is 0 Å². The number of hydrogen-bond acceptors (Lipinski definition) is 0. The van der Waals surface area contributed by atoms with Gasteiger partial charge in [0.2, 0.25) is 0 Å². The van der Waals surface area contributed by atoms with Gasteiger partial charge in [0, 0.05) is 0 Å². The van der Waals surface area contributed by atoms with Crippen LogP contribution < -0.4 is 10.9 Å². The monoisotopic (exact) mass is 316 g/mol. The summed E-state index contributed by atoms with van der Waals surface area (Å²) in [7, 11) is 5.60. The smallest absolute Gasteiger partial charge is 0.169 e. The minimum absolute atomic E-state index is 1.00. The molecule has 0 saturated carbocycles. The van der Waals surface area contributed by atoms with Crippen LogP contribution in [0.15, 0.2) is 60.7 Å². The maximum absolute atomic E-state index is 2.80. The lowest BCUT2D eigenvalue weighted by molar-refractivity contribution is 1.82. The van der Waals surface area contributed by atoms with E-state index in [4.69, 9.17) is 0 Å². The Bertz CT molecular complexity index is 929. The quantitative estimate of drug-likeness (QED) is 0.303. The summed E-state index contributed by atoms with van der Waals surface area (Å²) in [5, 5.41) is 8.04. The first-order valence-electron chi connectivity index (χ1n) is 7.57. The fraction of sp³-hybridized carbons (Fsp3) is 0. The highest BCUT2D eigenvalue weighted by Gasteiger charge is 2.06. The van der Waals surface area contributed by atoms with Crippen molar-refractivity contribution in [3.05, 3.63) is 60.7 Å². The highest BCUT2D eigenvalue weighted by atomic mass is 31.0. The zero-order valence-corrected chi connectivity index (χ0v) is 14.7. The van der Waals surface area contributed by atoms with E-state index in [1.807, 2.05) is 0 Å². The van der Waals surface area contributed by atoms with Crippen molar-refractivity contribution >= 4 is 75.5 Å². The van der Waals surface area contributed by atoms with Gasteiger partial charge in [0.1, 0.15) is 0 Å². The molecular formula is C18H16B2P2. The first-order valence-corrected chi connectivity index (χ1v) is 9.20. The SMILES string of the molecule is PBc1ccc2c(ccc3c4ccc(BP)cc4ccc23)c1. The molecule has 0 bridgehead atoms. The molecule has 0 fully saturated rings. The molecule has 4 aromatic carbocycles. The van der Waals surface area contributed by atoms with E-state index in [-0.39, 0.29) is 0 Å². The number of benzene rings is 4. The van der Waals surface area contributed by atoms with Gasteiger partial charge in [-0.3, -0.25) is 0 Å². The molecule has 0 amide bonds. The van der Waals surface area contributed by atoms with Crippen molar-refractivity contribution in [3.63, 3.8) is 0 Å². The number of fused-ring (bicyclic) bond motifs is 5. The van der Waals surface area contributed by atoms with Crippen LogP contribution in [0, 0.1) is 0 Å². The normalized spacial score (nSPS) is 11.2. The molecule has 2 unspecified atom stereocenters. The molecule has 0 radical (unpaired) electrons. The van der Waals surface area contributed by atoms with Gasteiger partial charge in [0.15, 0.2) is 14.0 Å². The topological polar surface area (TPSA) is 0 Å². The van der Waals surface area contributed by atoms with Crippen LogP contribution in [-0.2, 0) is 0 Å². The minimum Gasteiger partial charge on any atom is -0.169 e. The van der Waals surface area contributed by atoms with Gasteiger partial charge >= 0.3 is 0 Å². The molecule has 2 atom stereocenters. The summed E-state index contributed by atoms with van der Waals surface area (Å²) >= 11 is 0. The zero-order valence-electron chi connectivity index (χ0n) is 12.3. The largest absolute Gasteiger partial charge is 0.180 e. The van der Waals surface area contributed by atoms with Crippen molar-refractivity contribution in [1.82, 2.24) is 0 Å². The Labute approximate surface area is 136 Å². The Kier molecular flexibility index (Phi) is 3.69. The van der Waals surface area contributed by atoms with Crippen molar-refractivity contribution in [3.8, 4) is 0 Å². The van der Waals surface area contributed by atoms with Gasteiger partial charge in [0.05, 0.1) is 0 Å². The van der Waals surface area contributed by atoms with Crippen LogP contribution in [0.1, 0.15) is 0 Å². The average molecular weight is 316 g/mol. The molecule has 4 rings (SSSR count). The summed E-state index contributed by atoms with van der Waals surface area (Å²) in [5.74, 6) is 0. The van der Waals surface area contributed by atoms with Crippen molar-refractivity contribution < 1.29 is 0 Å². The predicted molar refractivity (Wildman–Crippen MR) is 112 cm³/mol. The van der Waals surface area contributed by atoms with Crippen LogP contribution in [-0.4, -0.2) is 14.0 Å². The standard InChI is InChI=1S/C18H16B2P2/c21-19-13-3-7-15-11(9-13)1-5-17-16-8-4-14(20-22)10-12(16)2-6-18(15)17/h1-10,19-20H,21-22H2. The lowest BCUT2D eigenvalue weighted by Crippen LogP contribution is -2.07. The molecule has 0 aromatic heterocycles. The molecule has 104 valence electrons. The summed E-state index contributed by atoms with van der Waals surface area (Å²) in [6.07, 6.45) is 0. The van der Waals surface area contributed by atoms with Crippen molar-refractivity contribution in [2.45, 2.75) is 0 Å². The van der Waals surface area contributed by atoms with Gasteiger partial charge in [-0.05, 0) is 32.3 Å². The van der Waals surface area contributed by atoms with Crippen LogP contribution >= 0.6 is 18.2 Å². The summed E-state index contributed by atoms with van der Waals surface area (Å²) in [6.45, 7) is 2.01. The third-order valence-electron chi connectivity index (χ3n) is 4.43. The van der Waals surface area contributed by atoms with E-state index < -0.39 is 0 Å². The molecule has 0 spiro atoms. The fourth-order valence-electron chi connectivity index (χ4n) is 3.24. The molecule has 4 aromatic rings. The van der Waals surface area contributed by atoms with Gasteiger partial charge in [-0.25, -0.2) is 0 Å². The van der Waals surface area contributed by atoms with E-state index in [0.29, 0.717) is 0 Å². The third kappa shape index (κ3) is 2.26. The highest BCUT2D eigenvalue weighted by molar-refractivity contribution is 7.58. The molecule has 0 aliphatic carbocycles. The Morgan fingerprint density at radius 2 is 0.909 bits per heavy atom. The van der Waals surface area contributed by atoms with Gasteiger partial charge < -0.3 is 0 Å². The third-order valence-corrected chi connectivity index (χ3v) is 5.38. The van der Waals surface area contributed by atoms with Crippen molar-refractivity contribution in [2.75, 3.05) is 0 Å². The summed E-state index contributed by atoms with van der Waals surface area (Å²) in [6, 6.07) is 22.6. The molecule has 0 N–H and O–H groups in total. The zero-order chi connectivity index (χ0) is 15.1. The summed E-state index contributed by atoms with van der Waals surface area (Å²) in [5.41, 5.74) is 2.73. The lowest BCUT2D eigenvalue weighted by Gasteiger charge is -2.09. The first-order chi connectivity index (χ1) is 10.8. The molecule has 0 aliphatic rings. The second-order valence-electron chi connectivity index (χ2n) is 5.75. The molecule has 0 aliphatic heterocycles. The summed E-state index contributed by atoms with van der Waals surface area (Å²) in [4.78, 5) is 0. The van der Waals surface area contributed by atoms with E-state index in [1.165, 1.54) is 43.2 Å². The minimum atomic E-state index is 1.00. The maximum Gasteiger partial charge on any atom is 0.180 e. The Morgan fingerprint density at radius 1 is 0.500 bits per heavy atom. The molecule has 4 heteroatoms. The molecule has 0 heterocycles. The average Bonchev–Trinajstić information content (AvgIpc) is 2.59. The molecule has 0 saturated heterocycles. The van der Waals surface area contributed by atoms with E-state index in [9.17, 15) is 0 Å². The van der Waals surface area contributed by atoms with E-state index in [2.05, 4.69) is 78.9 Å². The lowest BCUT2D eigenvalue weighted by atomic mass is 9.88. The highest BCUT2D eigenvalue weighted by Crippen LogP contribution is 2.30. The molecule has 22 heavy (non-hydrogen) atoms. The van der Waals surface area contributed by atoms with Crippen molar-refractivity contribution in [1.29, 1.82) is 0 Å². The van der Waals surface area contributed by atoms with Crippen LogP contribution in [0.2, 0.25) is 0 Å². The van der Waals surface area contributed by atoms with Crippen LogP contribution in [0.5, 0.6) is 0 Å². The van der Waals surface area contributed by atoms with E-state index in [0.717, 1.165) is 14.0 Å². The second kappa shape index (κ2) is 5.69. The van der Waals surface area contributed by atoms with Gasteiger partial charge in [-0.1, -0.05) is 71.6 Å². The maximum atomic E-state index is 2.80. The fourth-order valence-corrected chi connectivity index (χ4v) is 3.75. The molecular weight excluding hydrogens is 300 g/mol. The second-order valence-corrected chi connectivity index (χ2v) is 6.56. The van der Waals surface area contributed by atoms with Gasteiger partial charge in [-0.15, -0.1) is 0 Å². The van der Waals surface area contributed by atoms with Gasteiger partial charge in [0.25, 0.3) is 0 Å². The Balaban J connectivity index is 2.08. The van der Waals surface area contributed by atoms with Gasteiger partial charge in [-0.2, -0.15) is 18.2 Å². The number of rotatable bonds is 2. The van der Waals surface area contributed by atoms with Crippen LogP contribution in [0.4, 0.5) is 0 Å². The van der Waals surface area contributed by atoms with E-state index >= 15 is 0 Å². The van der Waals surface area contributed by atoms with Crippen molar-refractivity contribution in [2.24, 2.45) is 0 Å². The van der Waals surface area contributed by atoms with Crippen LogP contribution in [0.25, 0.3) is 32.3 Å². The number of hydrogen-bond donors (Lipinski definition) is 0. The first kappa shape index (κ1) is 14.3. The Hall–Kier alpha value is -1.35. The molecule has 0 nitrogen and oxygen atoms in total. The summed E-state index contributed by atoms with van der Waals surface area (Å²) < 4.78 is 0. The predicted octanol–water partition coefficient (Wildman–Crippen LogP) is 2.85.